The van der Waals surface area contributed by atoms with Crippen LogP contribution in [0.2, 0.25) is 0 Å². The minimum atomic E-state index is -0.547. The van der Waals surface area contributed by atoms with E-state index >= 15 is 0 Å². The van der Waals surface area contributed by atoms with Gasteiger partial charge in [0.05, 0.1) is 38.8 Å². The number of carbonyl (C=O) groups excluding carboxylic acids is 1. The number of nitrogens with zero attached hydrogens (tertiary/aromatic N) is 2. The Kier molecular flexibility index (Phi) is 5.15. The normalized spacial score (nSPS) is 24.2. The van der Waals surface area contributed by atoms with Crippen molar-refractivity contribution in [3.05, 3.63) is 48.4 Å². The molecule has 0 radical (unpaired) electrons. The zero-order valence-electron chi connectivity index (χ0n) is 15.4. The molecule has 0 N–H and O–H groups in total. The molecule has 144 valence electrons. The van der Waals surface area contributed by atoms with Crippen LogP contribution in [-0.2, 0) is 20.8 Å². The van der Waals surface area contributed by atoms with E-state index in [1.54, 1.807) is 30.6 Å². The van der Waals surface area contributed by atoms with Crippen LogP contribution in [0, 0.1) is 0 Å². The predicted molar refractivity (Wildman–Crippen MR) is 98.8 cm³/mol. The van der Waals surface area contributed by atoms with Crippen molar-refractivity contribution in [2.75, 3.05) is 51.5 Å². The summed E-state index contributed by atoms with van der Waals surface area (Å²) in [6, 6.07) is 9.87. The van der Waals surface area contributed by atoms with Gasteiger partial charge in [0.25, 0.3) is 5.91 Å². The van der Waals surface area contributed by atoms with Crippen molar-refractivity contribution in [3.8, 4) is 5.75 Å². The molecule has 0 saturated carbocycles. The zero-order chi connectivity index (χ0) is 18.7. The molecule has 1 aromatic carbocycles. The summed E-state index contributed by atoms with van der Waals surface area (Å²) in [6.45, 7) is 3.90. The van der Waals surface area contributed by atoms with Gasteiger partial charge in [0, 0.05) is 25.7 Å². The molecule has 7 nitrogen and oxygen atoms in total. The standard InChI is InChI=1S/C20H24N2O5/c1-24-18-4-2-16(3-5-18)10-21-7-9-26-15-20(13-21)14-22(19(23)12-27-20)17-6-8-25-11-17/h2-6,8,11H,7,9-10,12-15H2,1H3/t20-/m0/s1. The van der Waals surface area contributed by atoms with Gasteiger partial charge in [-0.25, -0.2) is 0 Å². The fourth-order valence-corrected chi connectivity index (χ4v) is 3.65. The number of ether oxygens (including phenoxy) is 3. The first-order valence-electron chi connectivity index (χ1n) is 9.07. The van der Waals surface area contributed by atoms with E-state index in [2.05, 4.69) is 17.0 Å². The number of benzene rings is 1. The molecule has 2 aliphatic rings. The van der Waals surface area contributed by atoms with E-state index in [0.717, 1.165) is 24.5 Å². The number of amides is 1. The van der Waals surface area contributed by atoms with E-state index < -0.39 is 5.60 Å². The molecular formula is C20H24N2O5. The summed E-state index contributed by atoms with van der Waals surface area (Å²) in [5.74, 6) is 0.785. The lowest BCUT2D eigenvalue weighted by Crippen LogP contribution is -2.60. The molecule has 1 spiro atoms. The van der Waals surface area contributed by atoms with Gasteiger partial charge in [-0.2, -0.15) is 0 Å². The maximum Gasteiger partial charge on any atom is 0.253 e. The van der Waals surface area contributed by atoms with Crippen LogP contribution in [0.1, 0.15) is 5.56 Å². The Morgan fingerprint density at radius 1 is 1.19 bits per heavy atom. The van der Waals surface area contributed by atoms with E-state index in [-0.39, 0.29) is 12.5 Å². The van der Waals surface area contributed by atoms with Gasteiger partial charge in [0.2, 0.25) is 0 Å². The summed E-state index contributed by atoms with van der Waals surface area (Å²) in [6.07, 6.45) is 3.16. The van der Waals surface area contributed by atoms with Crippen molar-refractivity contribution >= 4 is 11.6 Å². The molecule has 2 aromatic rings. The third-order valence-electron chi connectivity index (χ3n) is 5.06. The Morgan fingerprint density at radius 3 is 2.78 bits per heavy atom. The molecule has 2 saturated heterocycles. The van der Waals surface area contributed by atoms with Crippen LogP contribution in [-0.4, -0.2) is 63.0 Å². The molecule has 1 aromatic heterocycles. The van der Waals surface area contributed by atoms with Gasteiger partial charge >= 0.3 is 0 Å². The van der Waals surface area contributed by atoms with Gasteiger partial charge < -0.3 is 23.5 Å². The second-order valence-electron chi connectivity index (χ2n) is 7.04. The second-order valence-corrected chi connectivity index (χ2v) is 7.04. The molecular weight excluding hydrogens is 348 g/mol. The SMILES string of the molecule is COc1ccc(CN2CCOC[C@]3(C2)CN(c2ccoc2)C(=O)CO3)cc1. The minimum Gasteiger partial charge on any atom is -0.497 e. The highest BCUT2D eigenvalue weighted by Crippen LogP contribution is 2.28. The van der Waals surface area contributed by atoms with Crippen molar-refractivity contribution in [2.45, 2.75) is 12.1 Å². The van der Waals surface area contributed by atoms with E-state index in [9.17, 15) is 4.79 Å². The number of hydrogen-bond donors (Lipinski definition) is 0. The summed E-state index contributed by atoms with van der Waals surface area (Å²) in [5.41, 5.74) is 1.41. The fourth-order valence-electron chi connectivity index (χ4n) is 3.65. The van der Waals surface area contributed by atoms with E-state index in [1.165, 1.54) is 5.56 Å². The van der Waals surface area contributed by atoms with Gasteiger partial charge in [-0.05, 0) is 17.7 Å². The van der Waals surface area contributed by atoms with Crippen LogP contribution < -0.4 is 9.64 Å². The molecule has 0 unspecified atom stereocenters. The minimum absolute atomic E-state index is 0.0465. The van der Waals surface area contributed by atoms with Crippen molar-refractivity contribution in [1.29, 1.82) is 0 Å². The summed E-state index contributed by atoms with van der Waals surface area (Å²) in [7, 11) is 1.67. The van der Waals surface area contributed by atoms with Crippen molar-refractivity contribution in [2.24, 2.45) is 0 Å². The zero-order valence-corrected chi connectivity index (χ0v) is 15.4. The Bertz CT molecular complexity index is 761. The first kappa shape index (κ1) is 18.0. The van der Waals surface area contributed by atoms with E-state index in [0.29, 0.717) is 26.3 Å². The maximum absolute atomic E-state index is 12.3. The van der Waals surface area contributed by atoms with Crippen LogP contribution in [0.4, 0.5) is 5.69 Å². The van der Waals surface area contributed by atoms with Crippen molar-refractivity contribution < 1.29 is 23.4 Å². The topological polar surface area (TPSA) is 64.4 Å². The largest absolute Gasteiger partial charge is 0.497 e. The molecule has 0 aliphatic carbocycles. The molecule has 1 amide bonds. The quantitative estimate of drug-likeness (QED) is 0.817. The monoisotopic (exact) mass is 372 g/mol. The highest BCUT2D eigenvalue weighted by atomic mass is 16.6. The predicted octanol–water partition coefficient (Wildman–Crippen LogP) is 1.92. The van der Waals surface area contributed by atoms with Gasteiger partial charge in [0.15, 0.2) is 0 Å². The van der Waals surface area contributed by atoms with Crippen LogP contribution in [0.25, 0.3) is 0 Å². The summed E-state index contributed by atoms with van der Waals surface area (Å²) in [4.78, 5) is 16.4. The Labute approximate surface area is 158 Å². The molecule has 2 aliphatic heterocycles. The number of furan rings is 1. The van der Waals surface area contributed by atoms with Crippen LogP contribution in [0.5, 0.6) is 5.75 Å². The van der Waals surface area contributed by atoms with E-state index in [4.69, 9.17) is 18.6 Å². The smallest absolute Gasteiger partial charge is 0.253 e. The lowest BCUT2D eigenvalue weighted by atomic mass is 10.0. The Hall–Kier alpha value is -2.35. The highest BCUT2D eigenvalue weighted by molar-refractivity contribution is 5.95. The first-order valence-corrected chi connectivity index (χ1v) is 9.07. The van der Waals surface area contributed by atoms with Crippen LogP contribution >= 0.6 is 0 Å². The lowest BCUT2D eigenvalue weighted by Gasteiger charge is -2.42. The molecule has 4 rings (SSSR count). The third kappa shape index (κ3) is 4.00. The van der Waals surface area contributed by atoms with Gasteiger partial charge in [0.1, 0.15) is 24.2 Å². The Morgan fingerprint density at radius 2 is 2.04 bits per heavy atom. The average molecular weight is 372 g/mol. The highest BCUT2D eigenvalue weighted by Gasteiger charge is 2.43. The molecule has 0 bridgehead atoms. The second kappa shape index (κ2) is 7.72. The van der Waals surface area contributed by atoms with Gasteiger partial charge in [-0.3, -0.25) is 9.69 Å². The number of methoxy groups -OCH3 is 1. The molecule has 7 heteroatoms. The summed E-state index contributed by atoms with van der Waals surface area (Å²) in [5, 5.41) is 0. The lowest BCUT2D eigenvalue weighted by molar-refractivity contribution is -0.146. The number of carbonyl (C=O) groups is 1. The van der Waals surface area contributed by atoms with Gasteiger partial charge in [-0.15, -0.1) is 0 Å². The van der Waals surface area contributed by atoms with E-state index in [1.807, 2.05) is 12.1 Å². The van der Waals surface area contributed by atoms with Gasteiger partial charge in [-0.1, -0.05) is 12.1 Å². The van der Waals surface area contributed by atoms with Crippen molar-refractivity contribution in [1.82, 2.24) is 4.90 Å². The molecule has 3 heterocycles. The number of rotatable bonds is 4. The van der Waals surface area contributed by atoms with Crippen LogP contribution in [0.3, 0.4) is 0 Å². The first-order chi connectivity index (χ1) is 13.2. The molecule has 1 atom stereocenters. The van der Waals surface area contributed by atoms with Crippen LogP contribution in [0.15, 0.2) is 47.3 Å². The summed E-state index contributed by atoms with van der Waals surface area (Å²) >= 11 is 0. The summed E-state index contributed by atoms with van der Waals surface area (Å²) < 4.78 is 22.2. The Balaban J connectivity index is 1.49. The number of hydrogen-bond acceptors (Lipinski definition) is 6. The maximum atomic E-state index is 12.3. The average Bonchev–Trinajstić information content (AvgIpc) is 3.15. The van der Waals surface area contributed by atoms with Crippen molar-refractivity contribution in [3.63, 3.8) is 0 Å². The fraction of sp³-hybridized carbons (Fsp3) is 0.450. The number of anilines is 1. The number of morpholine rings is 1. The molecule has 2 fully saturated rings. The third-order valence-corrected chi connectivity index (χ3v) is 5.06. The molecule has 27 heavy (non-hydrogen) atoms.